The summed E-state index contributed by atoms with van der Waals surface area (Å²) in [4.78, 5) is 25.1. The maximum atomic E-state index is 12.7. The topological polar surface area (TPSA) is 105 Å². The SMILES string of the molecule is CCCCCC1CCC(C(=O)Oc2ccc(C=CC(=O)OCC(CCCC)c3cc(N)cc(N)c3)cc2)CC1. The zero-order chi connectivity index (χ0) is 28.0. The lowest BCUT2D eigenvalue weighted by Crippen LogP contribution is -2.25. The van der Waals surface area contributed by atoms with E-state index in [1.807, 2.05) is 24.3 Å². The maximum absolute atomic E-state index is 12.7. The highest BCUT2D eigenvalue weighted by molar-refractivity contribution is 5.87. The number of benzene rings is 2. The molecule has 39 heavy (non-hydrogen) atoms. The summed E-state index contributed by atoms with van der Waals surface area (Å²) in [6.45, 7) is 4.63. The number of nitrogens with two attached hydrogens (primary N) is 2. The number of anilines is 2. The molecule has 0 saturated heterocycles. The highest BCUT2D eigenvalue weighted by Crippen LogP contribution is 2.33. The molecule has 6 nitrogen and oxygen atoms in total. The number of unbranched alkanes of at least 4 members (excludes halogenated alkanes) is 3. The first-order chi connectivity index (χ1) is 18.9. The lowest BCUT2D eigenvalue weighted by Gasteiger charge is -2.27. The molecule has 0 radical (unpaired) electrons. The van der Waals surface area contributed by atoms with Crippen LogP contribution in [0.1, 0.15) is 102 Å². The molecule has 1 aliphatic carbocycles. The zero-order valence-corrected chi connectivity index (χ0v) is 23.7. The summed E-state index contributed by atoms with van der Waals surface area (Å²) in [7, 11) is 0. The predicted molar refractivity (Wildman–Crippen MR) is 159 cm³/mol. The van der Waals surface area contributed by atoms with E-state index in [0.29, 0.717) is 17.1 Å². The van der Waals surface area contributed by atoms with Crippen LogP contribution in [0.2, 0.25) is 0 Å². The fraction of sp³-hybridized carbons (Fsp3) is 0.515. The van der Waals surface area contributed by atoms with Gasteiger partial charge in [0, 0.05) is 23.4 Å². The highest BCUT2D eigenvalue weighted by atomic mass is 16.5. The Morgan fingerprint density at radius 2 is 1.59 bits per heavy atom. The number of ether oxygens (including phenoxy) is 2. The van der Waals surface area contributed by atoms with Gasteiger partial charge in [-0.25, -0.2) is 4.79 Å². The standard InChI is InChI=1S/C33H46N2O4/c1-3-5-7-8-24-10-15-26(16-11-24)33(37)39-31-17-12-25(13-18-31)14-19-32(36)38-23-27(9-6-4-2)28-20-29(34)22-30(35)21-28/h12-14,17-22,24,26-27H,3-11,15-16,23,34-35H2,1-2H3. The van der Waals surface area contributed by atoms with E-state index in [4.69, 9.17) is 20.9 Å². The summed E-state index contributed by atoms with van der Waals surface area (Å²) in [5, 5.41) is 0. The van der Waals surface area contributed by atoms with Crippen molar-refractivity contribution in [1.29, 1.82) is 0 Å². The first-order valence-corrected chi connectivity index (χ1v) is 14.7. The predicted octanol–water partition coefficient (Wildman–Crippen LogP) is 7.67. The second kappa shape index (κ2) is 16.0. The summed E-state index contributed by atoms with van der Waals surface area (Å²) in [5.41, 5.74) is 15.0. The van der Waals surface area contributed by atoms with Crippen LogP contribution in [0.25, 0.3) is 6.08 Å². The first-order valence-electron chi connectivity index (χ1n) is 14.7. The van der Waals surface area contributed by atoms with Crippen molar-refractivity contribution in [2.75, 3.05) is 18.1 Å². The van der Waals surface area contributed by atoms with Gasteiger partial charge in [0.1, 0.15) is 5.75 Å². The summed E-state index contributed by atoms with van der Waals surface area (Å²) in [6, 6.07) is 12.7. The average molecular weight is 535 g/mol. The number of carbonyl (C=O) groups excluding carboxylic acids is 2. The summed E-state index contributed by atoms with van der Waals surface area (Å²) < 4.78 is 11.2. The zero-order valence-electron chi connectivity index (χ0n) is 23.7. The van der Waals surface area contributed by atoms with E-state index in [1.165, 1.54) is 31.8 Å². The van der Waals surface area contributed by atoms with E-state index >= 15 is 0 Å². The van der Waals surface area contributed by atoms with Gasteiger partial charge in [-0.1, -0.05) is 64.5 Å². The molecule has 0 aliphatic heterocycles. The van der Waals surface area contributed by atoms with Crippen LogP contribution in [0.4, 0.5) is 11.4 Å². The van der Waals surface area contributed by atoms with Gasteiger partial charge in [-0.2, -0.15) is 0 Å². The molecule has 2 aromatic rings. The van der Waals surface area contributed by atoms with Crippen molar-refractivity contribution in [3.63, 3.8) is 0 Å². The molecule has 1 aliphatic rings. The van der Waals surface area contributed by atoms with E-state index in [1.54, 1.807) is 24.3 Å². The number of hydrogen-bond donors (Lipinski definition) is 2. The summed E-state index contributed by atoms with van der Waals surface area (Å²) >= 11 is 0. The van der Waals surface area contributed by atoms with Gasteiger partial charge in [0.25, 0.3) is 0 Å². The Morgan fingerprint density at radius 1 is 0.923 bits per heavy atom. The van der Waals surface area contributed by atoms with Crippen LogP contribution in [-0.4, -0.2) is 18.5 Å². The molecule has 3 rings (SSSR count). The third-order valence-corrected chi connectivity index (χ3v) is 7.71. The molecule has 1 atom stereocenters. The number of esters is 2. The molecule has 0 bridgehead atoms. The first kappa shape index (κ1) is 30.3. The molecular formula is C33H46N2O4. The Hall–Kier alpha value is -3.28. The van der Waals surface area contributed by atoms with Crippen LogP contribution in [0, 0.1) is 11.8 Å². The van der Waals surface area contributed by atoms with E-state index in [-0.39, 0.29) is 24.4 Å². The molecule has 212 valence electrons. The Balaban J connectivity index is 1.45. The van der Waals surface area contributed by atoms with E-state index in [0.717, 1.165) is 62.0 Å². The fourth-order valence-corrected chi connectivity index (χ4v) is 5.35. The second-order valence-electron chi connectivity index (χ2n) is 10.9. The number of hydrogen-bond acceptors (Lipinski definition) is 6. The third kappa shape index (κ3) is 10.4. The van der Waals surface area contributed by atoms with Gasteiger partial charge in [-0.15, -0.1) is 0 Å². The van der Waals surface area contributed by atoms with Crippen LogP contribution < -0.4 is 16.2 Å². The Bertz CT molecular complexity index is 1050. The molecule has 4 N–H and O–H groups in total. The van der Waals surface area contributed by atoms with Crippen LogP contribution in [-0.2, 0) is 14.3 Å². The van der Waals surface area contributed by atoms with Crippen molar-refractivity contribution in [3.8, 4) is 5.75 Å². The second-order valence-corrected chi connectivity index (χ2v) is 10.9. The largest absolute Gasteiger partial charge is 0.462 e. The van der Waals surface area contributed by atoms with Crippen LogP contribution >= 0.6 is 0 Å². The molecule has 6 heteroatoms. The molecule has 0 aromatic heterocycles. The van der Waals surface area contributed by atoms with Gasteiger partial charge in [0.05, 0.1) is 12.5 Å². The van der Waals surface area contributed by atoms with Crippen molar-refractivity contribution < 1.29 is 19.1 Å². The number of nitrogen functional groups attached to an aromatic ring is 2. The van der Waals surface area contributed by atoms with Crippen molar-refractivity contribution in [2.45, 2.75) is 90.4 Å². The Morgan fingerprint density at radius 3 is 2.23 bits per heavy atom. The Kier molecular flexibility index (Phi) is 12.4. The van der Waals surface area contributed by atoms with Crippen LogP contribution in [0.3, 0.4) is 0 Å². The maximum Gasteiger partial charge on any atom is 0.330 e. The number of rotatable bonds is 14. The van der Waals surface area contributed by atoms with Gasteiger partial charge in [-0.3, -0.25) is 4.79 Å². The quantitative estimate of drug-likeness (QED) is 0.0847. The average Bonchev–Trinajstić information content (AvgIpc) is 2.92. The molecule has 0 amide bonds. The Labute approximate surface area is 234 Å². The number of carbonyl (C=O) groups is 2. The normalized spacial score (nSPS) is 18.1. The van der Waals surface area contributed by atoms with Gasteiger partial charge in [0.2, 0.25) is 0 Å². The summed E-state index contributed by atoms with van der Waals surface area (Å²) in [6.07, 6.45) is 15.3. The molecular weight excluding hydrogens is 488 g/mol. The smallest absolute Gasteiger partial charge is 0.330 e. The molecule has 1 saturated carbocycles. The minimum absolute atomic E-state index is 0.00770. The summed E-state index contributed by atoms with van der Waals surface area (Å²) in [5.74, 6) is 0.786. The molecule has 0 spiro atoms. The van der Waals surface area contributed by atoms with Crippen molar-refractivity contribution in [2.24, 2.45) is 11.8 Å². The molecule has 0 heterocycles. The van der Waals surface area contributed by atoms with Crippen molar-refractivity contribution >= 4 is 29.4 Å². The van der Waals surface area contributed by atoms with Crippen LogP contribution in [0.5, 0.6) is 5.75 Å². The van der Waals surface area contributed by atoms with Crippen LogP contribution in [0.15, 0.2) is 48.5 Å². The fourth-order valence-electron chi connectivity index (χ4n) is 5.35. The molecule has 2 aromatic carbocycles. The van der Waals surface area contributed by atoms with E-state index < -0.39 is 5.97 Å². The van der Waals surface area contributed by atoms with Crippen molar-refractivity contribution in [3.05, 3.63) is 59.7 Å². The van der Waals surface area contributed by atoms with Crippen molar-refractivity contribution in [1.82, 2.24) is 0 Å². The highest BCUT2D eigenvalue weighted by Gasteiger charge is 2.27. The lowest BCUT2D eigenvalue weighted by atomic mass is 9.80. The van der Waals surface area contributed by atoms with Gasteiger partial charge in [-0.05, 0) is 85.6 Å². The minimum atomic E-state index is -0.408. The lowest BCUT2D eigenvalue weighted by molar-refractivity contribution is -0.140. The molecule has 1 fully saturated rings. The van der Waals surface area contributed by atoms with Gasteiger partial charge in [0.15, 0.2) is 0 Å². The van der Waals surface area contributed by atoms with Gasteiger partial charge >= 0.3 is 11.9 Å². The van der Waals surface area contributed by atoms with Gasteiger partial charge < -0.3 is 20.9 Å². The monoisotopic (exact) mass is 534 g/mol. The third-order valence-electron chi connectivity index (χ3n) is 7.71. The molecule has 1 unspecified atom stereocenters. The van der Waals surface area contributed by atoms with E-state index in [2.05, 4.69) is 13.8 Å². The van der Waals surface area contributed by atoms with E-state index in [9.17, 15) is 9.59 Å². The minimum Gasteiger partial charge on any atom is -0.462 e.